The van der Waals surface area contributed by atoms with Crippen LogP contribution in [-0.2, 0) is 11.2 Å². The minimum Gasteiger partial charge on any atom is -0.301 e. The van der Waals surface area contributed by atoms with Crippen molar-refractivity contribution in [1.29, 1.82) is 0 Å². The van der Waals surface area contributed by atoms with E-state index in [1.807, 2.05) is 6.92 Å². The molecule has 0 radical (unpaired) electrons. The van der Waals surface area contributed by atoms with Crippen molar-refractivity contribution >= 4 is 56.7 Å². The van der Waals surface area contributed by atoms with Gasteiger partial charge in [0.2, 0.25) is 5.91 Å². The summed E-state index contributed by atoms with van der Waals surface area (Å²) in [4.78, 5) is 45.8. The van der Waals surface area contributed by atoms with Gasteiger partial charge in [-0.05, 0) is 49.1 Å². The number of fused-ring (bicyclic) bond motifs is 1. The lowest BCUT2D eigenvalue weighted by Crippen LogP contribution is -2.42. The Balaban J connectivity index is 1.61. The molecular formula is C21H23ClN4O3S2. The van der Waals surface area contributed by atoms with Crippen molar-refractivity contribution in [1.82, 2.24) is 20.8 Å². The van der Waals surface area contributed by atoms with Crippen LogP contribution in [-0.4, -0.2) is 27.5 Å². The van der Waals surface area contributed by atoms with Crippen LogP contribution in [0.15, 0.2) is 34.2 Å². The number of rotatable bonds is 7. The summed E-state index contributed by atoms with van der Waals surface area (Å²) in [5, 5.41) is 1.53. The lowest BCUT2D eigenvalue weighted by atomic mass is 9.98. The Morgan fingerprint density at radius 1 is 1.26 bits per heavy atom. The van der Waals surface area contributed by atoms with E-state index in [1.54, 1.807) is 24.3 Å². The Bertz CT molecular complexity index is 1160. The van der Waals surface area contributed by atoms with Gasteiger partial charge in [0.15, 0.2) is 5.16 Å². The molecule has 3 rings (SSSR count). The van der Waals surface area contributed by atoms with Gasteiger partial charge in [-0.1, -0.05) is 43.6 Å². The minimum absolute atomic E-state index is 0.0145. The summed E-state index contributed by atoms with van der Waals surface area (Å²) in [6, 6.07) is 6.29. The topological polar surface area (TPSA) is 104 Å². The Morgan fingerprint density at radius 2 is 1.97 bits per heavy atom. The molecule has 2 amide bonds. The number of benzene rings is 1. The number of carbonyl (C=O) groups excluding carboxylic acids is 2. The second kappa shape index (κ2) is 10.3. The molecule has 0 fully saturated rings. The number of nitrogens with zero attached hydrogens (tertiary/aromatic N) is 1. The number of hydrogen-bond acceptors (Lipinski definition) is 6. The van der Waals surface area contributed by atoms with Crippen LogP contribution in [0.3, 0.4) is 0 Å². The molecule has 1 aromatic carbocycles. The number of hydrogen-bond donors (Lipinski definition) is 3. The van der Waals surface area contributed by atoms with E-state index in [9.17, 15) is 14.4 Å². The van der Waals surface area contributed by atoms with Gasteiger partial charge in [0.05, 0.1) is 11.1 Å². The highest BCUT2D eigenvalue weighted by Gasteiger charge is 2.17. The molecule has 7 nitrogen and oxygen atoms in total. The molecule has 2 aromatic heterocycles. The number of hydrazine groups is 1. The summed E-state index contributed by atoms with van der Waals surface area (Å²) < 4.78 is 0. The molecule has 1 unspecified atom stereocenters. The predicted octanol–water partition coefficient (Wildman–Crippen LogP) is 4.09. The average Bonchev–Trinajstić information content (AvgIpc) is 3.06. The zero-order chi connectivity index (χ0) is 22.5. The quantitative estimate of drug-likeness (QED) is 0.269. The summed E-state index contributed by atoms with van der Waals surface area (Å²) in [5.74, 6) is -0.406. The summed E-state index contributed by atoms with van der Waals surface area (Å²) in [6.45, 7) is 6.31. The van der Waals surface area contributed by atoms with Crippen LogP contribution in [0.25, 0.3) is 10.2 Å². The Labute approximate surface area is 193 Å². The van der Waals surface area contributed by atoms with Crippen LogP contribution < -0.4 is 16.4 Å². The van der Waals surface area contributed by atoms with Gasteiger partial charge in [0.25, 0.3) is 11.5 Å². The van der Waals surface area contributed by atoms with Crippen molar-refractivity contribution in [2.24, 2.45) is 5.92 Å². The van der Waals surface area contributed by atoms with Crippen molar-refractivity contribution in [2.75, 3.05) is 5.75 Å². The fourth-order valence-electron chi connectivity index (χ4n) is 2.93. The first-order chi connectivity index (χ1) is 14.8. The van der Waals surface area contributed by atoms with Crippen molar-refractivity contribution in [2.45, 2.75) is 38.8 Å². The van der Waals surface area contributed by atoms with Crippen LogP contribution in [0.5, 0.6) is 0 Å². The number of aromatic nitrogens is 2. The SMILES string of the molecule is CCC(C)Cc1c(C)sc2nc(SCC(=O)NNC(=O)c3ccc(Cl)cc3)[nH]c(=O)c12. The van der Waals surface area contributed by atoms with Crippen molar-refractivity contribution in [3.63, 3.8) is 0 Å². The summed E-state index contributed by atoms with van der Waals surface area (Å²) in [6.07, 6.45) is 1.88. The van der Waals surface area contributed by atoms with E-state index >= 15 is 0 Å². The van der Waals surface area contributed by atoms with Gasteiger partial charge in [-0.25, -0.2) is 4.98 Å². The predicted molar refractivity (Wildman–Crippen MR) is 126 cm³/mol. The standard InChI is InChI=1S/C21H23ClN4O3S2/c1-4-11(2)9-15-12(3)31-20-17(15)19(29)23-21(24-20)30-10-16(27)25-26-18(28)13-5-7-14(22)8-6-13/h5-8,11H,4,9-10H2,1-3H3,(H,25,27)(H,26,28)(H,23,24,29). The number of nitrogens with one attached hydrogen (secondary N) is 3. The van der Waals surface area contributed by atoms with E-state index in [0.717, 1.165) is 35.0 Å². The smallest absolute Gasteiger partial charge is 0.269 e. The lowest BCUT2D eigenvalue weighted by Gasteiger charge is -2.08. The molecule has 0 saturated carbocycles. The van der Waals surface area contributed by atoms with E-state index in [1.165, 1.54) is 11.3 Å². The Kier molecular flexibility index (Phi) is 7.74. The highest BCUT2D eigenvalue weighted by molar-refractivity contribution is 7.99. The second-order valence-electron chi connectivity index (χ2n) is 7.20. The fourth-order valence-corrected chi connectivity index (χ4v) is 4.83. The van der Waals surface area contributed by atoms with Crippen LogP contribution in [0, 0.1) is 12.8 Å². The number of carbonyl (C=O) groups is 2. The Hall–Kier alpha value is -2.36. The fraction of sp³-hybridized carbons (Fsp3) is 0.333. The van der Waals surface area contributed by atoms with Crippen LogP contribution in [0.4, 0.5) is 0 Å². The maximum atomic E-state index is 12.7. The van der Waals surface area contributed by atoms with E-state index < -0.39 is 11.8 Å². The molecule has 3 aromatic rings. The molecule has 0 aliphatic carbocycles. The molecule has 0 aliphatic rings. The molecule has 0 bridgehead atoms. The maximum absolute atomic E-state index is 12.7. The molecule has 2 heterocycles. The number of H-pyrrole nitrogens is 1. The molecule has 1 atom stereocenters. The van der Waals surface area contributed by atoms with Gasteiger partial charge in [0, 0.05) is 15.5 Å². The Morgan fingerprint density at radius 3 is 2.65 bits per heavy atom. The van der Waals surface area contributed by atoms with Crippen LogP contribution in [0.2, 0.25) is 5.02 Å². The van der Waals surface area contributed by atoms with Crippen molar-refractivity contribution < 1.29 is 9.59 Å². The molecule has 0 saturated heterocycles. The monoisotopic (exact) mass is 478 g/mol. The molecule has 10 heteroatoms. The normalized spacial score (nSPS) is 12.0. The third-order valence-corrected chi connectivity index (χ3v) is 7.02. The molecular weight excluding hydrogens is 456 g/mol. The summed E-state index contributed by atoms with van der Waals surface area (Å²) in [7, 11) is 0. The molecule has 3 N–H and O–H groups in total. The first-order valence-corrected chi connectivity index (χ1v) is 12.0. The zero-order valence-corrected chi connectivity index (χ0v) is 19.8. The van der Waals surface area contributed by atoms with E-state index in [0.29, 0.717) is 31.9 Å². The highest BCUT2D eigenvalue weighted by Crippen LogP contribution is 2.30. The molecule has 31 heavy (non-hydrogen) atoms. The zero-order valence-electron chi connectivity index (χ0n) is 17.4. The summed E-state index contributed by atoms with van der Waals surface area (Å²) >= 11 is 8.39. The molecule has 164 valence electrons. The maximum Gasteiger partial charge on any atom is 0.269 e. The van der Waals surface area contributed by atoms with Crippen LogP contribution in [0.1, 0.15) is 41.1 Å². The first kappa shape index (κ1) is 23.3. The van der Waals surface area contributed by atoms with E-state index in [-0.39, 0.29) is 11.3 Å². The van der Waals surface area contributed by atoms with Crippen molar-refractivity contribution in [3.8, 4) is 0 Å². The number of halogens is 1. The number of amides is 2. The van der Waals surface area contributed by atoms with Gasteiger partial charge < -0.3 is 4.98 Å². The summed E-state index contributed by atoms with van der Waals surface area (Å²) in [5.41, 5.74) is 5.93. The van der Waals surface area contributed by atoms with Crippen molar-refractivity contribution in [3.05, 3.63) is 55.6 Å². The molecule has 0 aliphatic heterocycles. The van der Waals surface area contributed by atoms with Gasteiger partial charge in [-0.3, -0.25) is 25.2 Å². The van der Waals surface area contributed by atoms with Gasteiger partial charge in [0.1, 0.15) is 4.83 Å². The third-order valence-electron chi connectivity index (χ3n) is 4.85. The highest BCUT2D eigenvalue weighted by atomic mass is 35.5. The van der Waals surface area contributed by atoms with E-state index in [4.69, 9.17) is 11.6 Å². The largest absolute Gasteiger partial charge is 0.301 e. The first-order valence-electron chi connectivity index (χ1n) is 9.78. The molecule has 0 spiro atoms. The van der Waals surface area contributed by atoms with Gasteiger partial charge >= 0.3 is 0 Å². The third kappa shape index (κ3) is 5.87. The van der Waals surface area contributed by atoms with Gasteiger partial charge in [-0.15, -0.1) is 11.3 Å². The second-order valence-corrected chi connectivity index (χ2v) is 9.81. The number of aromatic amines is 1. The number of thiophene rings is 1. The number of aryl methyl sites for hydroxylation is 1. The lowest BCUT2D eigenvalue weighted by molar-refractivity contribution is -0.119. The van der Waals surface area contributed by atoms with Crippen LogP contribution >= 0.6 is 34.7 Å². The van der Waals surface area contributed by atoms with Gasteiger partial charge in [-0.2, -0.15) is 0 Å². The average molecular weight is 479 g/mol. The number of thioether (sulfide) groups is 1. The minimum atomic E-state index is -0.453. The van der Waals surface area contributed by atoms with E-state index in [2.05, 4.69) is 34.7 Å².